The Morgan fingerprint density at radius 1 is 1.28 bits per heavy atom. The third-order valence-corrected chi connectivity index (χ3v) is 2.64. The molecule has 18 heavy (non-hydrogen) atoms. The van der Waals surface area contributed by atoms with Gasteiger partial charge >= 0.3 is 6.18 Å². The molecule has 5 heteroatoms. The first-order chi connectivity index (χ1) is 8.35. The number of aryl methyl sites for hydroxylation is 1. The largest absolute Gasteiger partial charge is 0.496 e. The monoisotopic (exact) mass is 261 g/mol. The Balaban J connectivity index is 2.81. The van der Waals surface area contributed by atoms with Gasteiger partial charge in [0.05, 0.1) is 13.7 Å². The van der Waals surface area contributed by atoms with Crippen molar-refractivity contribution in [2.75, 3.05) is 20.7 Å². The second-order valence-corrected chi connectivity index (χ2v) is 4.29. The normalized spacial score (nSPS) is 11.9. The first-order valence-corrected chi connectivity index (χ1v) is 5.76. The van der Waals surface area contributed by atoms with Crippen LogP contribution in [-0.2, 0) is 13.0 Å². The highest BCUT2D eigenvalue weighted by Gasteiger charge is 2.29. The van der Waals surface area contributed by atoms with Crippen LogP contribution in [0.25, 0.3) is 0 Å². The van der Waals surface area contributed by atoms with Gasteiger partial charge in [0.1, 0.15) is 5.75 Å². The van der Waals surface area contributed by atoms with E-state index in [-0.39, 0.29) is 6.54 Å². The molecule has 0 unspecified atom stereocenters. The summed E-state index contributed by atoms with van der Waals surface area (Å²) in [5.41, 5.74) is 1.87. The minimum Gasteiger partial charge on any atom is -0.496 e. The van der Waals surface area contributed by atoms with Gasteiger partial charge in [-0.1, -0.05) is 19.1 Å². The van der Waals surface area contributed by atoms with Crippen molar-refractivity contribution in [1.82, 2.24) is 4.90 Å². The molecule has 0 N–H and O–H groups in total. The summed E-state index contributed by atoms with van der Waals surface area (Å²) in [6.45, 7) is 1.30. The van der Waals surface area contributed by atoms with Crippen LogP contribution in [0.2, 0.25) is 0 Å². The number of nitrogens with zero attached hydrogens (tertiary/aromatic N) is 1. The third-order valence-electron chi connectivity index (χ3n) is 2.64. The Bertz CT molecular complexity index is 390. The summed E-state index contributed by atoms with van der Waals surface area (Å²) >= 11 is 0. The maximum Gasteiger partial charge on any atom is 0.401 e. The zero-order valence-corrected chi connectivity index (χ0v) is 10.8. The molecular formula is C13H18F3NO. The Morgan fingerprint density at radius 2 is 1.94 bits per heavy atom. The number of alkyl halides is 3. The van der Waals surface area contributed by atoms with Gasteiger partial charge in [-0.2, -0.15) is 13.2 Å². The summed E-state index contributed by atoms with van der Waals surface area (Å²) in [6, 6.07) is 5.62. The lowest BCUT2D eigenvalue weighted by molar-refractivity contribution is -0.144. The van der Waals surface area contributed by atoms with Gasteiger partial charge in [-0.3, -0.25) is 4.90 Å². The predicted molar refractivity (Wildman–Crippen MR) is 64.8 cm³/mol. The van der Waals surface area contributed by atoms with Gasteiger partial charge in [0.15, 0.2) is 0 Å². The van der Waals surface area contributed by atoms with Crippen LogP contribution in [-0.4, -0.2) is 31.8 Å². The van der Waals surface area contributed by atoms with E-state index in [1.807, 2.05) is 19.1 Å². The Morgan fingerprint density at radius 3 is 2.44 bits per heavy atom. The van der Waals surface area contributed by atoms with Crippen LogP contribution >= 0.6 is 0 Å². The van der Waals surface area contributed by atoms with Crippen LogP contribution < -0.4 is 4.74 Å². The van der Waals surface area contributed by atoms with Gasteiger partial charge in [-0.05, 0) is 25.1 Å². The summed E-state index contributed by atoms with van der Waals surface area (Å²) in [5, 5.41) is 0. The first kappa shape index (κ1) is 14.8. The molecule has 0 radical (unpaired) electrons. The van der Waals surface area contributed by atoms with Crippen molar-refractivity contribution in [1.29, 1.82) is 0 Å². The molecule has 0 aromatic heterocycles. The molecule has 1 aromatic carbocycles. The molecular weight excluding hydrogens is 243 g/mol. The van der Waals surface area contributed by atoms with E-state index in [0.29, 0.717) is 5.75 Å². The van der Waals surface area contributed by atoms with Gasteiger partial charge < -0.3 is 4.74 Å². The molecule has 0 amide bonds. The molecule has 0 atom stereocenters. The molecule has 0 bridgehead atoms. The minimum absolute atomic E-state index is 0.219. The van der Waals surface area contributed by atoms with Crippen LogP contribution in [0.15, 0.2) is 18.2 Å². The smallest absolute Gasteiger partial charge is 0.401 e. The van der Waals surface area contributed by atoms with Crippen molar-refractivity contribution >= 4 is 0 Å². The van der Waals surface area contributed by atoms with Gasteiger partial charge in [-0.25, -0.2) is 0 Å². The molecule has 0 saturated carbocycles. The highest BCUT2D eigenvalue weighted by molar-refractivity contribution is 5.37. The van der Waals surface area contributed by atoms with E-state index >= 15 is 0 Å². The Hall–Kier alpha value is -1.23. The fraction of sp³-hybridized carbons (Fsp3) is 0.538. The standard InChI is InChI=1S/C13H18F3NO/c1-4-10-5-6-12(18-3)11(7-10)8-17(2)9-13(14,15)16/h5-7H,4,8-9H2,1-3H3. The van der Waals surface area contributed by atoms with Crippen molar-refractivity contribution in [3.63, 3.8) is 0 Å². The fourth-order valence-electron chi connectivity index (χ4n) is 1.83. The number of methoxy groups -OCH3 is 1. The topological polar surface area (TPSA) is 12.5 Å². The maximum absolute atomic E-state index is 12.3. The highest BCUT2D eigenvalue weighted by atomic mass is 19.4. The van der Waals surface area contributed by atoms with E-state index in [1.54, 1.807) is 6.07 Å². The van der Waals surface area contributed by atoms with E-state index in [1.165, 1.54) is 19.1 Å². The number of ether oxygens (including phenoxy) is 1. The van der Waals surface area contributed by atoms with Crippen LogP contribution in [0.1, 0.15) is 18.1 Å². The number of halogens is 3. The van der Waals surface area contributed by atoms with E-state index in [0.717, 1.165) is 17.5 Å². The maximum atomic E-state index is 12.3. The lowest BCUT2D eigenvalue weighted by Gasteiger charge is -2.20. The predicted octanol–water partition coefficient (Wildman–Crippen LogP) is 3.25. The van der Waals surface area contributed by atoms with Gasteiger partial charge in [0.25, 0.3) is 0 Å². The SMILES string of the molecule is CCc1ccc(OC)c(CN(C)CC(F)(F)F)c1. The minimum atomic E-state index is -4.18. The quantitative estimate of drug-likeness (QED) is 0.806. The van der Waals surface area contributed by atoms with E-state index < -0.39 is 12.7 Å². The second-order valence-electron chi connectivity index (χ2n) is 4.29. The van der Waals surface area contributed by atoms with Crippen molar-refractivity contribution < 1.29 is 17.9 Å². The lowest BCUT2D eigenvalue weighted by atomic mass is 10.1. The Kier molecular flexibility index (Phi) is 5.02. The summed E-state index contributed by atoms with van der Waals surface area (Å²) in [7, 11) is 2.97. The van der Waals surface area contributed by atoms with Crippen LogP contribution in [0.3, 0.4) is 0 Å². The molecule has 0 aliphatic heterocycles. The zero-order chi connectivity index (χ0) is 13.8. The van der Waals surface area contributed by atoms with Gasteiger partial charge in [0, 0.05) is 12.1 Å². The molecule has 1 rings (SSSR count). The molecule has 0 heterocycles. The van der Waals surface area contributed by atoms with Crippen LogP contribution in [0, 0.1) is 0 Å². The van der Waals surface area contributed by atoms with E-state index in [9.17, 15) is 13.2 Å². The molecule has 0 aliphatic carbocycles. The summed E-state index contributed by atoms with van der Waals surface area (Å²) < 4.78 is 42.0. The summed E-state index contributed by atoms with van der Waals surface area (Å²) in [5.74, 6) is 0.626. The number of benzene rings is 1. The van der Waals surface area contributed by atoms with E-state index in [2.05, 4.69) is 0 Å². The number of rotatable bonds is 5. The lowest BCUT2D eigenvalue weighted by Crippen LogP contribution is -2.30. The van der Waals surface area contributed by atoms with Gasteiger partial charge in [0.2, 0.25) is 0 Å². The molecule has 0 aliphatic rings. The summed E-state index contributed by atoms with van der Waals surface area (Å²) in [6.07, 6.45) is -3.33. The van der Waals surface area contributed by atoms with Gasteiger partial charge in [-0.15, -0.1) is 0 Å². The first-order valence-electron chi connectivity index (χ1n) is 5.76. The van der Waals surface area contributed by atoms with Crippen molar-refractivity contribution in [2.24, 2.45) is 0 Å². The third kappa shape index (κ3) is 4.56. The Labute approximate surface area is 105 Å². The summed E-state index contributed by atoms with van der Waals surface area (Å²) in [4.78, 5) is 1.23. The van der Waals surface area contributed by atoms with Crippen LogP contribution in [0.5, 0.6) is 5.75 Å². The van der Waals surface area contributed by atoms with Crippen molar-refractivity contribution in [3.8, 4) is 5.75 Å². The molecule has 0 saturated heterocycles. The number of hydrogen-bond donors (Lipinski definition) is 0. The second kappa shape index (κ2) is 6.09. The molecule has 0 fully saturated rings. The molecule has 102 valence electrons. The highest BCUT2D eigenvalue weighted by Crippen LogP contribution is 2.23. The fourth-order valence-corrected chi connectivity index (χ4v) is 1.83. The molecule has 1 aromatic rings. The van der Waals surface area contributed by atoms with Crippen LogP contribution in [0.4, 0.5) is 13.2 Å². The van der Waals surface area contributed by atoms with E-state index in [4.69, 9.17) is 4.74 Å². The zero-order valence-electron chi connectivity index (χ0n) is 10.8. The average Bonchev–Trinajstić information content (AvgIpc) is 2.26. The molecule has 0 spiro atoms. The molecule has 2 nitrogen and oxygen atoms in total. The van der Waals surface area contributed by atoms with Crippen molar-refractivity contribution in [3.05, 3.63) is 29.3 Å². The van der Waals surface area contributed by atoms with Crippen molar-refractivity contribution in [2.45, 2.75) is 26.1 Å². The number of hydrogen-bond acceptors (Lipinski definition) is 2. The average molecular weight is 261 g/mol.